The maximum absolute atomic E-state index is 2.25. The molecule has 0 saturated heterocycles. The van der Waals surface area contributed by atoms with Gasteiger partial charge < -0.3 is 0 Å². The number of hydrogen-bond donors (Lipinski definition) is 0. The van der Waals surface area contributed by atoms with Crippen molar-refractivity contribution in [2.45, 2.75) is 26.7 Å². The molecular formula is C16H16+2. The summed E-state index contributed by atoms with van der Waals surface area (Å²) in [6.07, 6.45) is 11.2. The van der Waals surface area contributed by atoms with E-state index >= 15 is 0 Å². The maximum atomic E-state index is 2.25. The van der Waals surface area contributed by atoms with Crippen LogP contribution >= 0.6 is 0 Å². The number of benzene rings is 1. The molecule has 1 aromatic rings. The topological polar surface area (TPSA) is 0 Å². The minimum Gasteiger partial charge on any atom is -0.00838 e. The molecule has 2 aliphatic rings. The maximum Gasteiger partial charge on any atom is 0.120 e. The Balaban J connectivity index is 2.11. The van der Waals surface area contributed by atoms with E-state index in [0.29, 0.717) is 0 Å². The van der Waals surface area contributed by atoms with E-state index in [1.165, 1.54) is 22.3 Å². The Labute approximate surface area is 97.7 Å². The molecule has 0 heterocycles. The van der Waals surface area contributed by atoms with Crippen molar-refractivity contribution in [1.82, 2.24) is 0 Å². The lowest BCUT2D eigenvalue weighted by Gasteiger charge is -2.13. The molecule has 78 valence electrons. The lowest BCUT2D eigenvalue weighted by molar-refractivity contribution is 0.994. The highest BCUT2D eigenvalue weighted by Gasteiger charge is 2.29. The van der Waals surface area contributed by atoms with Crippen LogP contribution in [0.15, 0.2) is 35.4 Å². The van der Waals surface area contributed by atoms with Crippen LogP contribution in [0, 0.1) is 12.8 Å². The molecule has 1 aromatic carbocycles. The van der Waals surface area contributed by atoms with Crippen LogP contribution < -0.4 is 0 Å². The summed E-state index contributed by atoms with van der Waals surface area (Å²) in [5.41, 5.74) is 8.84. The van der Waals surface area contributed by atoms with Crippen molar-refractivity contribution in [3.8, 4) is 0 Å². The quantitative estimate of drug-likeness (QED) is 0.569. The minimum absolute atomic E-state index is 1.12. The van der Waals surface area contributed by atoms with E-state index in [1.54, 1.807) is 11.1 Å². The Morgan fingerprint density at radius 2 is 1.25 bits per heavy atom. The second-order valence-electron chi connectivity index (χ2n) is 4.91. The molecule has 0 atom stereocenters. The molecule has 0 radical (unpaired) electrons. The van der Waals surface area contributed by atoms with Crippen LogP contribution in [0.5, 0.6) is 0 Å². The summed E-state index contributed by atoms with van der Waals surface area (Å²) in [4.78, 5) is 0. The van der Waals surface area contributed by atoms with Crippen LogP contribution in [0.2, 0.25) is 0 Å². The molecule has 0 saturated carbocycles. The summed E-state index contributed by atoms with van der Waals surface area (Å²) in [5.74, 6) is 0. The molecule has 0 bridgehead atoms. The van der Waals surface area contributed by atoms with Gasteiger partial charge in [-0.3, -0.25) is 0 Å². The molecule has 3 rings (SSSR count). The highest BCUT2D eigenvalue weighted by molar-refractivity contribution is 5.56. The van der Waals surface area contributed by atoms with Gasteiger partial charge in [-0.05, 0) is 13.8 Å². The van der Waals surface area contributed by atoms with Gasteiger partial charge in [0.1, 0.15) is 11.1 Å². The van der Waals surface area contributed by atoms with Gasteiger partial charge in [0.2, 0.25) is 0 Å². The second-order valence-corrected chi connectivity index (χ2v) is 4.91. The highest BCUT2D eigenvalue weighted by Crippen LogP contribution is 2.32. The van der Waals surface area contributed by atoms with Gasteiger partial charge in [-0.15, -0.1) is 0 Å². The summed E-state index contributed by atoms with van der Waals surface area (Å²) in [5, 5.41) is 0. The first kappa shape index (κ1) is 9.65. The van der Waals surface area contributed by atoms with Crippen LogP contribution in [0.4, 0.5) is 0 Å². The zero-order chi connectivity index (χ0) is 11.1. The monoisotopic (exact) mass is 208 g/mol. The molecule has 0 fully saturated rings. The van der Waals surface area contributed by atoms with E-state index in [0.717, 1.165) is 12.8 Å². The number of hydrogen-bond acceptors (Lipinski definition) is 0. The molecule has 0 aliphatic heterocycles. The zero-order valence-electron chi connectivity index (χ0n) is 9.88. The molecule has 0 nitrogen and oxygen atoms in total. The smallest absolute Gasteiger partial charge is 0.00838 e. The van der Waals surface area contributed by atoms with Crippen molar-refractivity contribution in [2.75, 3.05) is 0 Å². The fraction of sp³-hybridized carbons (Fsp3) is 0.250. The standard InChI is InChI=1S/C16H16/c1-11-3-5-13-7-8-14-6-4-12(2)10-16(14)15(13)9-11/h3-8H,9-10H2,1-2H3/q+2. The van der Waals surface area contributed by atoms with E-state index in [9.17, 15) is 0 Å². The normalized spacial score (nSPS) is 17.4. The SMILES string of the molecule is CC1=C[CH+]c2ccc3c(c2C1)CC(C)=C[CH+]3. The van der Waals surface area contributed by atoms with E-state index in [1.807, 2.05) is 0 Å². The fourth-order valence-electron chi connectivity index (χ4n) is 2.60. The van der Waals surface area contributed by atoms with Crippen molar-refractivity contribution in [3.63, 3.8) is 0 Å². The predicted octanol–water partition coefficient (Wildman–Crippen LogP) is 3.80. The van der Waals surface area contributed by atoms with E-state index in [4.69, 9.17) is 0 Å². The third kappa shape index (κ3) is 1.46. The van der Waals surface area contributed by atoms with Crippen LogP contribution in [0.25, 0.3) is 0 Å². The van der Waals surface area contributed by atoms with Crippen LogP contribution in [-0.4, -0.2) is 0 Å². The Bertz CT molecular complexity index is 454. The molecule has 0 heteroatoms. The van der Waals surface area contributed by atoms with Gasteiger partial charge in [0, 0.05) is 36.1 Å². The average Bonchev–Trinajstić information content (AvgIpc) is 2.29. The third-order valence-electron chi connectivity index (χ3n) is 3.51. The zero-order valence-corrected chi connectivity index (χ0v) is 9.88. The molecule has 16 heavy (non-hydrogen) atoms. The van der Waals surface area contributed by atoms with Gasteiger partial charge in [-0.1, -0.05) is 0 Å². The first-order valence-corrected chi connectivity index (χ1v) is 5.90. The van der Waals surface area contributed by atoms with Crippen LogP contribution in [-0.2, 0) is 12.8 Å². The third-order valence-corrected chi connectivity index (χ3v) is 3.51. The molecule has 0 amide bonds. The second kappa shape index (κ2) is 3.48. The van der Waals surface area contributed by atoms with E-state index < -0.39 is 0 Å². The Morgan fingerprint density at radius 3 is 1.69 bits per heavy atom. The Kier molecular flexibility index (Phi) is 2.10. The van der Waals surface area contributed by atoms with Crippen molar-refractivity contribution in [3.05, 3.63) is 70.5 Å². The first-order chi connectivity index (χ1) is 7.74. The predicted molar refractivity (Wildman–Crippen MR) is 68.2 cm³/mol. The van der Waals surface area contributed by atoms with Crippen LogP contribution in [0.3, 0.4) is 0 Å². The van der Waals surface area contributed by atoms with Gasteiger partial charge in [0.25, 0.3) is 0 Å². The Hall–Kier alpha value is -1.56. The van der Waals surface area contributed by atoms with E-state index in [-0.39, 0.29) is 0 Å². The van der Waals surface area contributed by atoms with Gasteiger partial charge in [0.05, 0.1) is 36.1 Å². The summed E-state index contributed by atoms with van der Waals surface area (Å²) in [6.45, 7) is 4.43. The van der Waals surface area contributed by atoms with Crippen molar-refractivity contribution >= 4 is 0 Å². The minimum atomic E-state index is 1.12. The lowest BCUT2D eigenvalue weighted by atomic mass is 9.81. The average molecular weight is 208 g/mol. The summed E-state index contributed by atoms with van der Waals surface area (Å²) >= 11 is 0. The van der Waals surface area contributed by atoms with Gasteiger partial charge >= 0.3 is 0 Å². The molecular weight excluding hydrogens is 192 g/mol. The molecule has 0 spiro atoms. The molecule has 0 aromatic heterocycles. The molecule has 2 aliphatic carbocycles. The largest absolute Gasteiger partial charge is 0.120 e. The number of allylic oxidation sites excluding steroid dienone is 4. The van der Waals surface area contributed by atoms with Crippen molar-refractivity contribution in [2.24, 2.45) is 0 Å². The number of fused-ring (bicyclic) bond motifs is 3. The van der Waals surface area contributed by atoms with Gasteiger partial charge in [0.15, 0.2) is 0 Å². The fourth-order valence-corrected chi connectivity index (χ4v) is 2.60. The van der Waals surface area contributed by atoms with Crippen LogP contribution in [0.1, 0.15) is 36.1 Å². The summed E-state index contributed by atoms with van der Waals surface area (Å²) < 4.78 is 0. The Morgan fingerprint density at radius 1 is 0.812 bits per heavy atom. The highest BCUT2D eigenvalue weighted by atomic mass is 14.2. The lowest BCUT2D eigenvalue weighted by Crippen LogP contribution is -2.10. The summed E-state index contributed by atoms with van der Waals surface area (Å²) in [7, 11) is 0. The van der Waals surface area contributed by atoms with Gasteiger partial charge in [-0.2, -0.15) is 0 Å². The number of rotatable bonds is 0. The van der Waals surface area contributed by atoms with Crippen molar-refractivity contribution < 1.29 is 0 Å². The van der Waals surface area contributed by atoms with E-state index in [2.05, 4.69) is 51.0 Å². The molecule has 0 N–H and O–H groups in total. The van der Waals surface area contributed by atoms with Gasteiger partial charge in [-0.25, -0.2) is 0 Å². The first-order valence-electron chi connectivity index (χ1n) is 5.90. The van der Waals surface area contributed by atoms with Crippen molar-refractivity contribution in [1.29, 1.82) is 0 Å². The summed E-state index contributed by atoms with van der Waals surface area (Å²) in [6, 6.07) is 4.50. The molecule has 0 unspecified atom stereocenters.